The molecule has 0 aliphatic carbocycles. The Kier molecular flexibility index (Phi) is 3.61. The zero-order valence-corrected chi connectivity index (χ0v) is 11.4. The lowest BCUT2D eigenvalue weighted by atomic mass is 9.91. The van der Waals surface area contributed by atoms with Crippen LogP contribution < -0.4 is 0 Å². The SMILES string of the molecule is COC1([C@]2(C)OCC[C@H]2C)SCCCS1. The van der Waals surface area contributed by atoms with E-state index in [9.17, 15) is 0 Å². The molecule has 2 nitrogen and oxygen atoms in total. The summed E-state index contributed by atoms with van der Waals surface area (Å²) in [7, 11) is 1.82. The average Bonchev–Trinajstić information content (AvgIpc) is 2.62. The van der Waals surface area contributed by atoms with Crippen LogP contribution in [-0.4, -0.2) is 35.1 Å². The van der Waals surface area contributed by atoms with Gasteiger partial charge in [-0.2, -0.15) is 0 Å². The molecule has 0 saturated carbocycles. The van der Waals surface area contributed by atoms with Crippen molar-refractivity contribution in [2.45, 2.75) is 36.6 Å². The Bertz CT molecular complexity index is 229. The van der Waals surface area contributed by atoms with Gasteiger partial charge in [-0.1, -0.05) is 6.92 Å². The van der Waals surface area contributed by atoms with Crippen molar-refractivity contribution < 1.29 is 9.47 Å². The first kappa shape index (κ1) is 12.1. The van der Waals surface area contributed by atoms with Crippen molar-refractivity contribution in [1.29, 1.82) is 0 Å². The second-order valence-electron chi connectivity index (χ2n) is 4.46. The summed E-state index contributed by atoms with van der Waals surface area (Å²) in [5.41, 5.74) is -0.127. The molecule has 2 rings (SSSR count). The van der Waals surface area contributed by atoms with Gasteiger partial charge in [0.05, 0.1) is 0 Å². The highest BCUT2D eigenvalue weighted by atomic mass is 32.2. The van der Waals surface area contributed by atoms with Crippen molar-refractivity contribution in [3.8, 4) is 0 Å². The van der Waals surface area contributed by atoms with Crippen LogP contribution in [0.15, 0.2) is 0 Å². The maximum absolute atomic E-state index is 6.02. The highest BCUT2D eigenvalue weighted by molar-refractivity contribution is 8.18. The van der Waals surface area contributed by atoms with E-state index in [4.69, 9.17) is 9.47 Å². The molecule has 2 aliphatic rings. The molecule has 0 N–H and O–H groups in total. The molecule has 0 unspecified atom stereocenters. The molecule has 2 heterocycles. The van der Waals surface area contributed by atoms with Crippen LogP contribution in [0.1, 0.15) is 26.7 Å². The molecule has 4 heteroatoms. The monoisotopic (exact) mass is 248 g/mol. The maximum atomic E-state index is 6.02. The summed E-state index contributed by atoms with van der Waals surface area (Å²) in [6.07, 6.45) is 2.44. The summed E-state index contributed by atoms with van der Waals surface area (Å²) in [6.45, 7) is 5.38. The third-order valence-corrected chi connectivity index (χ3v) is 7.24. The van der Waals surface area contributed by atoms with E-state index in [2.05, 4.69) is 13.8 Å². The van der Waals surface area contributed by atoms with Crippen LogP contribution in [0, 0.1) is 5.92 Å². The van der Waals surface area contributed by atoms with Crippen LogP contribution in [0.25, 0.3) is 0 Å². The van der Waals surface area contributed by atoms with Crippen molar-refractivity contribution >= 4 is 23.5 Å². The number of thioether (sulfide) groups is 2. The summed E-state index contributed by atoms with van der Waals surface area (Å²) in [4.78, 5) is 0. The van der Waals surface area contributed by atoms with Gasteiger partial charge in [-0.15, -0.1) is 23.5 Å². The molecule has 0 bridgehead atoms. The highest BCUT2D eigenvalue weighted by Crippen LogP contribution is 2.56. The van der Waals surface area contributed by atoms with Gasteiger partial charge in [0.25, 0.3) is 0 Å². The molecular weight excluding hydrogens is 228 g/mol. The van der Waals surface area contributed by atoms with E-state index in [1.807, 2.05) is 30.6 Å². The minimum absolute atomic E-state index is 0.127. The van der Waals surface area contributed by atoms with Crippen molar-refractivity contribution in [3.63, 3.8) is 0 Å². The number of hydrogen-bond donors (Lipinski definition) is 0. The Balaban J connectivity index is 2.23. The minimum Gasteiger partial charge on any atom is -0.370 e. The van der Waals surface area contributed by atoms with Gasteiger partial charge in [-0.3, -0.25) is 0 Å². The van der Waals surface area contributed by atoms with Crippen LogP contribution in [0.3, 0.4) is 0 Å². The molecular formula is C11H20O2S2. The molecule has 0 radical (unpaired) electrons. The lowest BCUT2D eigenvalue weighted by Crippen LogP contribution is -2.53. The van der Waals surface area contributed by atoms with E-state index in [1.54, 1.807) is 0 Å². The van der Waals surface area contributed by atoms with E-state index in [0.717, 1.165) is 13.0 Å². The van der Waals surface area contributed by atoms with Crippen molar-refractivity contribution in [3.05, 3.63) is 0 Å². The van der Waals surface area contributed by atoms with E-state index in [1.165, 1.54) is 17.9 Å². The molecule has 0 amide bonds. The van der Waals surface area contributed by atoms with E-state index >= 15 is 0 Å². The Hall–Kier alpha value is 0.620. The third-order valence-electron chi connectivity index (χ3n) is 3.64. The van der Waals surface area contributed by atoms with E-state index in [-0.39, 0.29) is 9.87 Å². The van der Waals surface area contributed by atoms with Gasteiger partial charge in [0.1, 0.15) is 5.60 Å². The molecule has 2 aliphatic heterocycles. The molecule has 15 heavy (non-hydrogen) atoms. The fourth-order valence-electron chi connectivity index (χ4n) is 2.38. The molecule has 0 spiro atoms. The first-order valence-corrected chi connectivity index (χ1v) is 7.59. The van der Waals surface area contributed by atoms with Crippen LogP contribution in [-0.2, 0) is 9.47 Å². The van der Waals surface area contributed by atoms with Crippen LogP contribution in [0.2, 0.25) is 0 Å². The summed E-state index contributed by atoms with van der Waals surface area (Å²) < 4.78 is 11.7. The largest absolute Gasteiger partial charge is 0.370 e. The summed E-state index contributed by atoms with van der Waals surface area (Å²) >= 11 is 3.85. The Labute approximate surface area is 101 Å². The average molecular weight is 248 g/mol. The van der Waals surface area contributed by atoms with Gasteiger partial charge in [-0.05, 0) is 37.2 Å². The second-order valence-corrected chi connectivity index (χ2v) is 7.26. The smallest absolute Gasteiger partial charge is 0.189 e. The highest BCUT2D eigenvalue weighted by Gasteiger charge is 2.57. The van der Waals surface area contributed by atoms with Crippen molar-refractivity contribution in [1.82, 2.24) is 0 Å². The third kappa shape index (κ3) is 1.84. The lowest BCUT2D eigenvalue weighted by molar-refractivity contribution is -0.0892. The molecule has 2 fully saturated rings. The van der Waals surface area contributed by atoms with Crippen LogP contribution in [0.5, 0.6) is 0 Å². The molecule has 2 atom stereocenters. The molecule has 0 aromatic rings. The van der Waals surface area contributed by atoms with Crippen LogP contribution in [0.4, 0.5) is 0 Å². The van der Waals surface area contributed by atoms with Gasteiger partial charge in [0.2, 0.25) is 0 Å². The number of hydrogen-bond acceptors (Lipinski definition) is 4. The Morgan fingerprint density at radius 3 is 2.47 bits per heavy atom. The first-order chi connectivity index (χ1) is 7.15. The summed E-state index contributed by atoms with van der Waals surface area (Å²) in [5.74, 6) is 2.95. The van der Waals surface area contributed by atoms with Gasteiger partial charge in [0.15, 0.2) is 4.27 Å². The second kappa shape index (κ2) is 4.47. The summed E-state index contributed by atoms with van der Waals surface area (Å²) in [6, 6.07) is 0. The predicted octanol–water partition coefficient (Wildman–Crippen LogP) is 2.97. The maximum Gasteiger partial charge on any atom is 0.189 e. The van der Waals surface area contributed by atoms with Gasteiger partial charge in [0, 0.05) is 13.7 Å². The molecule has 0 aromatic heterocycles. The number of ether oxygens (including phenoxy) is 2. The normalized spacial score (nSPS) is 40.6. The van der Waals surface area contributed by atoms with Gasteiger partial charge >= 0.3 is 0 Å². The van der Waals surface area contributed by atoms with Gasteiger partial charge < -0.3 is 9.47 Å². The zero-order chi connectivity index (χ0) is 10.9. The standard InChI is InChI=1S/C11H20O2S2/c1-9-5-6-13-10(9,2)11(12-3)14-7-4-8-15-11/h9H,4-8H2,1-3H3/t9-,10-/m1/s1. The van der Waals surface area contributed by atoms with Crippen LogP contribution >= 0.6 is 23.5 Å². The van der Waals surface area contributed by atoms with Gasteiger partial charge in [-0.25, -0.2) is 0 Å². The number of rotatable bonds is 2. The predicted molar refractivity (Wildman–Crippen MR) is 67.4 cm³/mol. The zero-order valence-electron chi connectivity index (χ0n) is 9.75. The first-order valence-electron chi connectivity index (χ1n) is 5.62. The lowest BCUT2D eigenvalue weighted by Gasteiger charge is -2.47. The van der Waals surface area contributed by atoms with Crippen molar-refractivity contribution in [2.75, 3.05) is 25.2 Å². The number of methoxy groups -OCH3 is 1. The fraction of sp³-hybridized carbons (Fsp3) is 1.00. The quantitative estimate of drug-likeness (QED) is 0.747. The topological polar surface area (TPSA) is 18.5 Å². The molecule has 2 saturated heterocycles. The minimum atomic E-state index is -0.179. The summed E-state index contributed by atoms with van der Waals surface area (Å²) in [5, 5.41) is 0. The molecule has 0 aromatic carbocycles. The van der Waals surface area contributed by atoms with E-state index < -0.39 is 0 Å². The van der Waals surface area contributed by atoms with E-state index in [0.29, 0.717) is 5.92 Å². The molecule has 88 valence electrons. The van der Waals surface area contributed by atoms with Crippen molar-refractivity contribution in [2.24, 2.45) is 5.92 Å². The fourth-order valence-corrected chi connectivity index (χ4v) is 5.84. The Morgan fingerprint density at radius 2 is 2.00 bits per heavy atom. The Morgan fingerprint density at radius 1 is 1.33 bits per heavy atom.